The van der Waals surface area contributed by atoms with E-state index < -0.39 is 0 Å². The van der Waals surface area contributed by atoms with Crippen molar-refractivity contribution in [3.63, 3.8) is 0 Å². The molecule has 0 bridgehead atoms. The van der Waals surface area contributed by atoms with Gasteiger partial charge in [0.15, 0.2) is 0 Å². The van der Waals surface area contributed by atoms with Crippen LogP contribution in [-0.2, 0) is 0 Å². The Hall–Kier alpha value is -0.870. The molecule has 0 amide bonds. The first-order valence-corrected chi connectivity index (χ1v) is 7.92. The van der Waals surface area contributed by atoms with Gasteiger partial charge in [-0.15, -0.1) is 0 Å². The van der Waals surface area contributed by atoms with Gasteiger partial charge in [0.1, 0.15) is 17.3 Å². The van der Waals surface area contributed by atoms with Gasteiger partial charge in [-0.3, -0.25) is 0 Å². The van der Waals surface area contributed by atoms with Crippen molar-refractivity contribution < 1.29 is 0 Å². The maximum atomic E-state index is 6.17. The van der Waals surface area contributed by atoms with Gasteiger partial charge in [-0.2, -0.15) is 0 Å². The van der Waals surface area contributed by atoms with Crippen LogP contribution in [-0.4, -0.2) is 41.0 Å². The van der Waals surface area contributed by atoms with Gasteiger partial charge in [0.2, 0.25) is 0 Å². The van der Waals surface area contributed by atoms with Crippen molar-refractivity contribution in [2.75, 3.05) is 25.5 Å². The number of rotatable bonds is 6. The molecule has 1 N–H and O–H groups in total. The van der Waals surface area contributed by atoms with Crippen molar-refractivity contribution in [2.45, 2.75) is 51.5 Å². The van der Waals surface area contributed by atoms with Crippen LogP contribution in [0.1, 0.15) is 51.0 Å². The Bertz CT molecular complexity index is 430. The average molecular weight is 297 g/mol. The van der Waals surface area contributed by atoms with Crippen LogP contribution in [0.2, 0.25) is 5.15 Å². The first-order valence-electron chi connectivity index (χ1n) is 7.54. The van der Waals surface area contributed by atoms with E-state index in [0.29, 0.717) is 11.1 Å². The standard InChI is InChI=1S/C15H25ClN4/c1-11(2)13-14(16)18-10-19-15(13)17-8-9-20(3)12-6-4-5-7-12/h10-12H,4-9H2,1-3H3,(H,17,18,19). The second kappa shape index (κ2) is 7.23. The molecule has 1 aliphatic carbocycles. The van der Waals surface area contributed by atoms with E-state index in [2.05, 4.69) is 41.1 Å². The van der Waals surface area contributed by atoms with E-state index in [9.17, 15) is 0 Å². The summed E-state index contributed by atoms with van der Waals surface area (Å²) in [5, 5.41) is 3.97. The summed E-state index contributed by atoms with van der Waals surface area (Å²) < 4.78 is 0. The minimum absolute atomic E-state index is 0.318. The summed E-state index contributed by atoms with van der Waals surface area (Å²) in [4.78, 5) is 10.9. The smallest absolute Gasteiger partial charge is 0.138 e. The molecule has 1 aromatic rings. The average Bonchev–Trinajstić information content (AvgIpc) is 2.92. The van der Waals surface area contributed by atoms with E-state index in [1.165, 1.54) is 32.0 Å². The SMILES string of the molecule is CC(C)c1c(Cl)ncnc1NCCN(C)C1CCCC1. The quantitative estimate of drug-likeness (QED) is 0.815. The van der Waals surface area contributed by atoms with Gasteiger partial charge >= 0.3 is 0 Å². The van der Waals surface area contributed by atoms with Gasteiger partial charge in [0.05, 0.1) is 0 Å². The summed E-state index contributed by atoms with van der Waals surface area (Å²) >= 11 is 6.17. The fraction of sp³-hybridized carbons (Fsp3) is 0.733. The molecule has 1 aromatic heterocycles. The number of likely N-dealkylation sites (N-methyl/N-ethyl adjacent to an activating group) is 1. The molecule has 5 heteroatoms. The molecular formula is C15H25ClN4. The second-order valence-corrected chi connectivity index (χ2v) is 6.29. The zero-order valence-corrected chi connectivity index (χ0v) is 13.5. The van der Waals surface area contributed by atoms with Crippen molar-refractivity contribution in [2.24, 2.45) is 0 Å². The predicted octanol–water partition coefficient (Wildman–Crippen LogP) is 3.54. The molecule has 0 aromatic carbocycles. The maximum absolute atomic E-state index is 6.17. The van der Waals surface area contributed by atoms with Crippen LogP contribution in [0.3, 0.4) is 0 Å². The first-order chi connectivity index (χ1) is 9.59. The number of nitrogens with zero attached hydrogens (tertiary/aromatic N) is 3. The van der Waals surface area contributed by atoms with Crippen LogP contribution in [0.4, 0.5) is 5.82 Å². The van der Waals surface area contributed by atoms with Gasteiger partial charge in [-0.05, 0) is 25.8 Å². The van der Waals surface area contributed by atoms with Crippen molar-refractivity contribution in [3.8, 4) is 0 Å². The number of nitrogens with one attached hydrogen (secondary N) is 1. The van der Waals surface area contributed by atoms with Crippen molar-refractivity contribution >= 4 is 17.4 Å². The van der Waals surface area contributed by atoms with Gasteiger partial charge in [-0.25, -0.2) is 9.97 Å². The largest absolute Gasteiger partial charge is 0.368 e. The number of hydrogen-bond donors (Lipinski definition) is 1. The minimum atomic E-state index is 0.318. The molecule has 20 heavy (non-hydrogen) atoms. The highest BCUT2D eigenvalue weighted by Gasteiger charge is 2.19. The molecule has 1 heterocycles. The highest BCUT2D eigenvalue weighted by molar-refractivity contribution is 6.30. The lowest BCUT2D eigenvalue weighted by molar-refractivity contribution is 0.254. The number of halogens is 1. The molecule has 0 saturated heterocycles. The maximum Gasteiger partial charge on any atom is 0.138 e. The third-order valence-electron chi connectivity index (χ3n) is 4.12. The van der Waals surface area contributed by atoms with E-state index in [1.807, 2.05) is 0 Å². The Balaban J connectivity index is 1.89. The Kier molecular flexibility index (Phi) is 5.61. The number of aromatic nitrogens is 2. The number of anilines is 1. The zero-order valence-electron chi connectivity index (χ0n) is 12.7. The summed E-state index contributed by atoms with van der Waals surface area (Å²) in [5.41, 5.74) is 1.01. The van der Waals surface area contributed by atoms with Crippen LogP contribution in [0.25, 0.3) is 0 Å². The van der Waals surface area contributed by atoms with Crippen LogP contribution < -0.4 is 5.32 Å². The monoisotopic (exact) mass is 296 g/mol. The fourth-order valence-corrected chi connectivity index (χ4v) is 3.26. The minimum Gasteiger partial charge on any atom is -0.368 e. The van der Waals surface area contributed by atoms with Crippen LogP contribution in [0.15, 0.2) is 6.33 Å². The van der Waals surface area contributed by atoms with Crippen LogP contribution in [0.5, 0.6) is 0 Å². The highest BCUT2D eigenvalue weighted by Crippen LogP contribution is 2.28. The molecule has 1 aliphatic rings. The lowest BCUT2D eigenvalue weighted by Crippen LogP contribution is -2.33. The third kappa shape index (κ3) is 3.83. The van der Waals surface area contributed by atoms with E-state index in [1.54, 1.807) is 0 Å². The Morgan fingerprint density at radius 2 is 2.05 bits per heavy atom. The van der Waals surface area contributed by atoms with Crippen molar-refractivity contribution in [1.29, 1.82) is 0 Å². The van der Waals surface area contributed by atoms with E-state index in [0.717, 1.165) is 30.5 Å². The van der Waals surface area contributed by atoms with E-state index >= 15 is 0 Å². The Labute approximate surface area is 126 Å². The Morgan fingerprint density at radius 3 is 2.70 bits per heavy atom. The Morgan fingerprint density at radius 1 is 1.35 bits per heavy atom. The molecule has 0 atom stereocenters. The predicted molar refractivity (Wildman–Crippen MR) is 84.5 cm³/mol. The lowest BCUT2D eigenvalue weighted by Gasteiger charge is -2.24. The lowest BCUT2D eigenvalue weighted by atomic mass is 10.1. The third-order valence-corrected chi connectivity index (χ3v) is 4.42. The fourth-order valence-electron chi connectivity index (χ4n) is 2.90. The molecular weight excluding hydrogens is 272 g/mol. The van der Waals surface area contributed by atoms with Gasteiger partial charge in [0.25, 0.3) is 0 Å². The van der Waals surface area contributed by atoms with Gasteiger partial charge in [-0.1, -0.05) is 38.3 Å². The van der Waals surface area contributed by atoms with Crippen LogP contribution in [0, 0.1) is 0 Å². The van der Waals surface area contributed by atoms with Gasteiger partial charge < -0.3 is 10.2 Å². The molecule has 0 aliphatic heterocycles. The summed E-state index contributed by atoms with van der Waals surface area (Å²) in [7, 11) is 2.22. The van der Waals surface area contributed by atoms with Crippen molar-refractivity contribution in [1.82, 2.24) is 14.9 Å². The molecule has 0 unspecified atom stereocenters. The summed E-state index contributed by atoms with van der Waals surface area (Å²) in [6.07, 6.45) is 6.96. The van der Waals surface area contributed by atoms with E-state index in [4.69, 9.17) is 11.6 Å². The summed E-state index contributed by atoms with van der Waals surface area (Å²) in [6.45, 7) is 6.14. The summed E-state index contributed by atoms with van der Waals surface area (Å²) in [5.74, 6) is 1.19. The molecule has 0 spiro atoms. The van der Waals surface area contributed by atoms with Crippen molar-refractivity contribution in [3.05, 3.63) is 17.0 Å². The first kappa shape index (κ1) is 15.5. The molecule has 1 saturated carbocycles. The number of hydrogen-bond acceptors (Lipinski definition) is 4. The molecule has 2 rings (SSSR count). The van der Waals surface area contributed by atoms with Gasteiger partial charge in [0, 0.05) is 24.7 Å². The van der Waals surface area contributed by atoms with E-state index in [-0.39, 0.29) is 0 Å². The van der Waals surface area contributed by atoms with Crippen LogP contribution >= 0.6 is 11.6 Å². The molecule has 4 nitrogen and oxygen atoms in total. The topological polar surface area (TPSA) is 41.1 Å². The normalized spacial score (nSPS) is 16.3. The molecule has 1 fully saturated rings. The molecule has 0 radical (unpaired) electrons. The molecule has 112 valence electrons. The second-order valence-electron chi connectivity index (χ2n) is 5.93. The summed E-state index contributed by atoms with van der Waals surface area (Å²) in [6, 6.07) is 0.760. The zero-order chi connectivity index (χ0) is 14.5. The highest BCUT2D eigenvalue weighted by atomic mass is 35.5.